The minimum Gasteiger partial charge on any atom is -0.480 e. The number of nitrogens with zero attached hydrogens (tertiary/aromatic N) is 1. The number of carbonyl (C=O) groups excluding carboxylic acids is 1. The highest BCUT2D eigenvalue weighted by atomic mass is 16.5. The third kappa shape index (κ3) is 2.67. The maximum Gasteiger partial charge on any atom is 0.328 e. The van der Waals surface area contributed by atoms with Gasteiger partial charge in [0.2, 0.25) is 0 Å². The average Bonchev–Trinajstić information content (AvgIpc) is 2.64. The number of hydrogen-bond acceptors (Lipinski definition) is 4. The van der Waals surface area contributed by atoms with Gasteiger partial charge in [-0.2, -0.15) is 0 Å². The number of carboxylic acid groups (broad SMARTS) is 1. The van der Waals surface area contributed by atoms with Crippen LogP contribution in [0.1, 0.15) is 12.8 Å². The van der Waals surface area contributed by atoms with Gasteiger partial charge in [0.05, 0.1) is 18.8 Å². The Morgan fingerprint density at radius 1 is 1.35 bits per heavy atom. The van der Waals surface area contributed by atoms with Gasteiger partial charge < -0.3 is 25.2 Å². The van der Waals surface area contributed by atoms with Gasteiger partial charge in [0.1, 0.15) is 0 Å². The molecule has 7 heteroatoms. The zero-order valence-electron chi connectivity index (χ0n) is 9.33. The summed E-state index contributed by atoms with van der Waals surface area (Å²) in [6.07, 6.45) is 2.02. The van der Waals surface area contributed by atoms with Gasteiger partial charge in [-0.05, 0) is 12.8 Å². The molecule has 0 aromatic rings. The van der Waals surface area contributed by atoms with Crippen molar-refractivity contribution in [2.45, 2.75) is 31.1 Å². The average molecular weight is 244 g/mol. The molecule has 2 saturated heterocycles. The zero-order chi connectivity index (χ0) is 12.4. The van der Waals surface area contributed by atoms with Crippen LogP contribution in [0.4, 0.5) is 4.79 Å². The Bertz CT molecular complexity index is 310. The summed E-state index contributed by atoms with van der Waals surface area (Å²) >= 11 is 0. The molecule has 0 aromatic heterocycles. The van der Waals surface area contributed by atoms with E-state index in [-0.39, 0.29) is 12.2 Å². The van der Waals surface area contributed by atoms with Crippen LogP contribution in [-0.4, -0.2) is 65.1 Å². The molecule has 0 spiro atoms. The molecule has 3 atom stereocenters. The number of morpholine rings is 1. The lowest BCUT2D eigenvalue weighted by Crippen LogP contribution is -2.54. The molecule has 3 N–H and O–H groups in total. The zero-order valence-corrected chi connectivity index (χ0v) is 9.33. The molecule has 2 aliphatic heterocycles. The van der Waals surface area contributed by atoms with E-state index in [0.717, 1.165) is 12.8 Å². The van der Waals surface area contributed by atoms with Gasteiger partial charge in [-0.25, -0.2) is 9.59 Å². The number of likely N-dealkylation sites (tertiary alicyclic amines) is 1. The van der Waals surface area contributed by atoms with Gasteiger partial charge in [0.25, 0.3) is 0 Å². The van der Waals surface area contributed by atoms with Crippen molar-refractivity contribution in [2.75, 3.05) is 19.7 Å². The lowest BCUT2D eigenvalue weighted by atomic mass is 10.2. The summed E-state index contributed by atoms with van der Waals surface area (Å²) in [6, 6.07) is -1.70. The highest BCUT2D eigenvalue weighted by Crippen LogP contribution is 2.26. The number of fused-ring (bicyclic) bond motifs is 2. The molecule has 3 unspecified atom stereocenters. The molecule has 2 amide bonds. The van der Waals surface area contributed by atoms with Crippen LogP contribution in [0.3, 0.4) is 0 Å². The molecule has 2 rings (SSSR count). The lowest BCUT2D eigenvalue weighted by molar-refractivity contribution is -0.140. The van der Waals surface area contributed by atoms with Crippen molar-refractivity contribution in [3.63, 3.8) is 0 Å². The first-order valence-electron chi connectivity index (χ1n) is 5.64. The Kier molecular flexibility index (Phi) is 3.49. The number of nitrogens with one attached hydrogen (secondary N) is 1. The first-order valence-corrected chi connectivity index (χ1v) is 5.64. The molecule has 2 aliphatic rings. The topological polar surface area (TPSA) is 99.1 Å². The van der Waals surface area contributed by atoms with E-state index in [1.54, 1.807) is 4.90 Å². The van der Waals surface area contributed by atoms with Crippen molar-refractivity contribution < 1.29 is 24.5 Å². The summed E-state index contributed by atoms with van der Waals surface area (Å²) < 4.78 is 5.57. The van der Waals surface area contributed by atoms with Crippen molar-refractivity contribution >= 4 is 12.0 Å². The normalized spacial score (nSPS) is 28.9. The second-order valence-electron chi connectivity index (χ2n) is 4.39. The smallest absolute Gasteiger partial charge is 0.328 e. The van der Waals surface area contributed by atoms with E-state index in [4.69, 9.17) is 14.9 Å². The van der Waals surface area contributed by atoms with E-state index in [1.807, 2.05) is 0 Å². The summed E-state index contributed by atoms with van der Waals surface area (Å²) in [5.41, 5.74) is 0. The molecule has 0 aliphatic carbocycles. The van der Waals surface area contributed by atoms with E-state index < -0.39 is 24.6 Å². The molecular formula is C10H16N2O5. The molecule has 96 valence electrons. The summed E-state index contributed by atoms with van der Waals surface area (Å²) in [5, 5.41) is 19.8. The summed E-state index contributed by atoms with van der Waals surface area (Å²) in [5.74, 6) is -1.24. The van der Waals surface area contributed by atoms with Gasteiger partial charge in [-0.1, -0.05) is 0 Å². The fourth-order valence-corrected chi connectivity index (χ4v) is 2.21. The van der Waals surface area contributed by atoms with Gasteiger partial charge in [0, 0.05) is 13.1 Å². The molecule has 0 radical (unpaired) electrons. The van der Waals surface area contributed by atoms with Crippen molar-refractivity contribution in [3.8, 4) is 0 Å². The van der Waals surface area contributed by atoms with Crippen LogP contribution < -0.4 is 5.32 Å². The fraction of sp³-hybridized carbons (Fsp3) is 0.800. The van der Waals surface area contributed by atoms with Crippen molar-refractivity contribution in [2.24, 2.45) is 0 Å². The second kappa shape index (κ2) is 4.89. The third-order valence-corrected chi connectivity index (χ3v) is 3.11. The standard InChI is InChI=1S/C10H16N2O5/c13-5-8(9(14)15)11-10(16)12-3-6-1-2-7(4-12)17-6/h6-8,13H,1-5H2,(H,11,16)(H,14,15). The van der Waals surface area contributed by atoms with E-state index in [2.05, 4.69) is 5.32 Å². The predicted molar refractivity (Wildman–Crippen MR) is 56.5 cm³/mol. The minimum atomic E-state index is -1.25. The Labute approximate surface area is 98.3 Å². The molecular weight excluding hydrogens is 228 g/mol. The Morgan fingerprint density at radius 3 is 2.41 bits per heavy atom. The second-order valence-corrected chi connectivity index (χ2v) is 4.39. The summed E-state index contributed by atoms with van der Waals surface area (Å²) in [6.45, 7) is 0.360. The number of urea groups is 1. The number of aliphatic hydroxyl groups is 1. The van der Waals surface area contributed by atoms with E-state index in [0.29, 0.717) is 13.1 Å². The number of amides is 2. The van der Waals surface area contributed by atoms with E-state index in [9.17, 15) is 9.59 Å². The number of aliphatic hydroxyl groups excluding tert-OH is 1. The van der Waals surface area contributed by atoms with Gasteiger partial charge in [-0.3, -0.25) is 0 Å². The van der Waals surface area contributed by atoms with Crippen LogP contribution in [0, 0.1) is 0 Å². The SMILES string of the molecule is O=C(O)C(CO)NC(=O)N1CC2CCC(C1)O2. The molecule has 2 fully saturated rings. The first-order chi connectivity index (χ1) is 8.10. The summed E-state index contributed by atoms with van der Waals surface area (Å²) in [7, 11) is 0. The number of carboxylic acids is 1. The van der Waals surface area contributed by atoms with Gasteiger partial charge in [0.15, 0.2) is 6.04 Å². The number of hydrogen-bond donors (Lipinski definition) is 3. The van der Waals surface area contributed by atoms with Crippen LogP contribution in [0.2, 0.25) is 0 Å². The Morgan fingerprint density at radius 2 is 1.94 bits per heavy atom. The molecule has 2 heterocycles. The highest BCUT2D eigenvalue weighted by molar-refractivity contribution is 5.82. The maximum absolute atomic E-state index is 11.8. The molecule has 7 nitrogen and oxygen atoms in total. The van der Waals surface area contributed by atoms with Crippen molar-refractivity contribution in [1.29, 1.82) is 0 Å². The maximum atomic E-state index is 11.8. The molecule has 0 saturated carbocycles. The van der Waals surface area contributed by atoms with E-state index in [1.165, 1.54) is 0 Å². The fourth-order valence-electron chi connectivity index (χ4n) is 2.21. The molecule has 2 bridgehead atoms. The molecule has 17 heavy (non-hydrogen) atoms. The largest absolute Gasteiger partial charge is 0.480 e. The highest BCUT2D eigenvalue weighted by Gasteiger charge is 2.36. The van der Waals surface area contributed by atoms with Crippen molar-refractivity contribution in [3.05, 3.63) is 0 Å². The van der Waals surface area contributed by atoms with Crippen LogP contribution >= 0.6 is 0 Å². The number of carbonyl (C=O) groups is 2. The van der Waals surface area contributed by atoms with Crippen LogP contribution in [0.5, 0.6) is 0 Å². The van der Waals surface area contributed by atoms with Gasteiger partial charge in [-0.15, -0.1) is 0 Å². The summed E-state index contributed by atoms with van der Waals surface area (Å²) in [4.78, 5) is 24.0. The van der Waals surface area contributed by atoms with Gasteiger partial charge >= 0.3 is 12.0 Å². The number of aliphatic carboxylic acids is 1. The molecule has 0 aromatic carbocycles. The Hall–Kier alpha value is -1.34. The third-order valence-electron chi connectivity index (χ3n) is 3.11. The lowest BCUT2D eigenvalue weighted by Gasteiger charge is -2.32. The monoisotopic (exact) mass is 244 g/mol. The number of ether oxygens (including phenoxy) is 1. The van der Waals surface area contributed by atoms with Crippen LogP contribution in [0.15, 0.2) is 0 Å². The van der Waals surface area contributed by atoms with Crippen molar-refractivity contribution in [1.82, 2.24) is 10.2 Å². The predicted octanol–water partition coefficient (Wildman–Crippen LogP) is -0.995. The number of rotatable bonds is 3. The van der Waals surface area contributed by atoms with Crippen LogP contribution in [-0.2, 0) is 9.53 Å². The minimum absolute atomic E-state index is 0.0666. The first kappa shape index (κ1) is 12.1. The van der Waals surface area contributed by atoms with Crippen LogP contribution in [0.25, 0.3) is 0 Å². The Balaban J connectivity index is 1.89. The van der Waals surface area contributed by atoms with E-state index >= 15 is 0 Å². The quantitative estimate of drug-likeness (QED) is 0.591.